The molecule has 0 bridgehead atoms. The maximum Gasteiger partial charge on any atom is 0.227 e. The summed E-state index contributed by atoms with van der Waals surface area (Å²) in [6, 6.07) is 2.52. The van der Waals surface area contributed by atoms with E-state index in [-0.39, 0.29) is 39.6 Å². The molecule has 0 unspecified atom stereocenters. The van der Waals surface area contributed by atoms with Crippen LogP contribution in [0.25, 0.3) is 11.2 Å². The standard InChI is InChI=1S/C25H30Cl2FN7O2/c1-34(19-4-2-3-5-20(19)36)24-30-12-18-23(33-24)35(15-8-6-13(7-9-15)22(29)37)25(31-18)32-21-16(27)10-14(26)11-17(21)28/h10-13,15,19-20,36H,2-9H2,1H3,(H2,29,37)(H,31,32)/t13?,15?,19-,20-/m0/s1. The Balaban J connectivity index is 1.56. The number of halogens is 3. The van der Waals surface area contributed by atoms with Crippen molar-refractivity contribution in [3.63, 3.8) is 0 Å². The third kappa shape index (κ3) is 5.19. The summed E-state index contributed by atoms with van der Waals surface area (Å²) >= 11 is 12.3. The number of likely N-dealkylation sites (N-methyl/N-ethyl adjacent to an activating group) is 1. The number of nitrogens with one attached hydrogen (secondary N) is 1. The first-order chi connectivity index (χ1) is 17.7. The second-order valence-corrected chi connectivity index (χ2v) is 10.8. The summed E-state index contributed by atoms with van der Waals surface area (Å²) < 4.78 is 16.7. The van der Waals surface area contributed by atoms with E-state index in [9.17, 15) is 14.3 Å². The van der Waals surface area contributed by atoms with Crippen LogP contribution in [0.2, 0.25) is 10.0 Å². The predicted octanol–water partition coefficient (Wildman–Crippen LogP) is 4.97. The van der Waals surface area contributed by atoms with Crippen LogP contribution in [-0.2, 0) is 4.79 Å². The van der Waals surface area contributed by atoms with Gasteiger partial charge in [0.05, 0.1) is 29.1 Å². The Morgan fingerprint density at radius 3 is 2.57 bits per heavy atom. The van der Waals surface area contributed by atoms with Crippen molar-refractivity contribution in [3.05, 3.63) is 34.2 Å². The summed E-state index contributed by atoms with van der Waals surface area (Å²) in [7, 11) is 1.89. The molecule has 9 nitrogen and oxygen atoms in total. The molecule has 2 heterocycles. The van der Waals surface area contributed by atoms with Crippen LogP contribution in [-0.4, -0.2) is 49.7 Å². The molecule has 2 atom stereocenters. The minimum absolute atomic E-state index is 0.0504. The zero-order valence-electron chi connectivity index (χ0n) is 20.5. The first kappa shape index (κ1) is 25.9. The molecule has 2 saturated carbocycles. The van der Waals surface area contributed by atoms with Crippen LogP contribution in [0.4, 0.5) is 22.0 Å². The molecule has 198 valence electrons. The van der Waals surface area contributed by atoms with E-state index >= 15 is 0 Å². The maximum atomic E-state index is 14.8. The summed E-state index contributed by atoms with van der Waals surface area (Å²) in [6.07, 6.45) is 7.49. The molecule has 2 aliphatic carbocycles. The molecule has 4 N–H and O–H groups in total. The van der Waals surface area contributed by atoms with Crippen LogP contribution in [0, 0.1) is 11.7 Å². The van der Waals surface area contributed by atoms with Crippen molar-refractivity contribution in [1.82, 2.24) is 19.5 Å². The first-order valence-electron chi connectivity index (χ1n) is 12.6. The molecule has 0 radical (unpaired) electrons. The Labute approximate surface area is 224 Å². The fourth-order valence-electron chi connectivity index (χ4n) is 5.57. The van der Waals surface area contributed by atoms with Crippen LogP contribution < -0.4 is 16.0 Å². The third-order valence-electron chi connectivity index (χ3n) is 7.63. The van der Waals surface area contributed by atoms with E-state index in [1.54, 1.807) is 6.20 Å². The fourth-order valence-corrected chi connectivity index (χ4v) is 6.09. The number of primary amides is 1. The number of hydrogen-bond acceptors (Lipinski definition) is 7. The summed E-state index contributed by atoms with van der Waals surface area (Å²) in [5.41, 5.74) is 6.72. The number of imidazole rings is 1. The molecule has 2 aliphatic rings. The van der Waals surface area contributed by atoms with Crippen LogP contribution in [0.15, 0.2) is 18.3 Å². The quantitative estimate of drug-likeness (QED) is 0.396. The van der Waals surface area contributed by atoms with Crippen molar-refractivity contribution in [2.24, 2.45) is 11.7 Å². The van der Waals surface area contributed by atoms with Gasteiger partial charge in [-0.2, -0.15) is 4.98 Å². The second-order valence-electron chi connectivity index (χ2n) is 9.99. The molecule has 3 aromatic rings. The lowest BCUT2D eigenvalue weighted by Crippen LogP contribution is -2.44. The molecule has 12 heteroatoms. The van der Waals surface area contributed by atoms with E-state index in [4.69, 9.17) is 33.9 Å². The number of fused-ring (bicyclic) bond motifs is 1. The first-order valence-corrected chi connectivity index (χ1v) is 13.3. The smallest absolute Gasteiger partial charge is 0.227 e. The molecule has 1 amide bonds. The Morgan fingerprint density at radius 1 is 1.16 bits per heavy atom. The lowest BCUT2D eigenvalue weighted by atomic mass is 9.85. The highest BCUT2D eigenvalue weighted by atomic mass is 35.5. The number of aliphatic hydroxyl groups is 1. The van der Waals surface area contributed by atoms with Crippen molar-refractivity contribution in [2.45, 2.75) is 69.6 Å². The topological polar surface area (TPSA) is 122 Å². The van der Waals surface area contributed by atoms with Crippen molar-refractivity contribution in [3.8, 4) is 0 Å². The number of benzene rings is 1. The predicted molar refractivity (Wildman–Crippen MR) is 142 cm³/mol. The summed E-state index contributed by atoms with van der Waals surface area (Å²) in [5.74, 6) is -0.222. The SMILES string of the molecule is CN(c1ncc2nc(Nc3c(F)cc(Cl)cc3Cl)n(C3CCC(C(N)=O)CC3)c2n1)[C@H]1CCCC[C@@H]1O. The van der Waals surface area contributed by atoms with Crippen LogP contribution in [0.1, 0.15) is 57.4 Å². The average Bonchev–Trinajstić information content (AvgIpc) is 3.23. The highest BCUT2D eigenvalue weighted by molar-refractivity contribution is 6.36. The number of rotatable bonds is 6. The van der Waals surface area contributed by atoms with Gasteiger partial charge in [-0.1, -0.05) is 36.0 Å². The molecule has 37 heavy (non-hydrogen) atoms. The molecule has 0 spiro atoms. The van der Waals surface area contributed by atoms with Crippen molar-refractivity contribution >= 4 is 57.9 Å². The number of anilines is 3. The van der Waals surface area contributed by atoms with Gasteiger partial charge in [-0.05, 0) is 50.7 Å². The lowest BCUT2D eigenvalue weighted by Gasteiger charge is -2.35. The van der Waals surface area contributed by atoms with Gasteiger partial charge in [0.2, 0.25) is 17.8 Å². The molecule has 2 fully saturated rings. The van der Waals surface area contributed by atoms with Crippen LogP contribution in [0.3, 0.4) is 0 Å². The van der Waals surface area contributed by atoms with E-state index in [0.29, 0.717) is 48.7 Å². The lowest BCUT2D eigenvalue weighted by molar-refractivity contribution is -0.122. The second kappa shape index (κ2) is 10.6. The Morgan fingerprint density at radius 2 is 1.89 bits per heavy atom. The minimum atomic E-state index is -0.605. The van der Waals surface area contributed by atoms with Crippen LogP contribution in [0.5, 0.6) is 0 Å². The third-order valence-corrected chi connectivity index (χ3v) is 8.15. The number of carbonyl (C=O) groups excluding carboxylic acids is 1. The molecular weight excluding hydrogens is 520 g/mol. The molecule has 0 saturated heterocycles. The highest BCUT2D eigenvalue weighted by Crippen LogP contribution is 2.39. The summed E-state index contributed by atoms with van der Waals surface area (Å²) in [5, 5.41) is 13.9. The molecule has 2 aromatic heterocycles. The van der Waals surface area contributed by atoms with Gasteiger partial charge < -0.3 is 21.1 Å². The Bertz CT molecular complexity index is 1290. The number of carbonyl (C=O) groups is 1. The van der Waals surface area contributed by atoms with Crippen molar-refractivity contribution < 1.29 is 14.3 Å². The minimum Gasteiger partial charge on any atom is -0.391 e. The summed E-state index contributed by atoms with van der Waals surface area (Å²) in [4.78, 5) is 27.7. The van der Waals surface area contributed by atoms with Gasteiger partial charge in [0.15, 0.2) is 5.65 Å². The van der Waals surface area contributed by atoms with Gasteiger partial charge in [0, 0.05) is 24.0 Å². The van der Waals surface area contributed by atoms with E-state index in [1.807, 2.05) is 16.5 Å². The van der Waals surface area contributed by atoms with E-state index in [1.165, 1.54) is 12.1 Å². The monoisotopic (exact) mass is 549 g/mol. The van der Waals surface area contributed by atoms with E-state index in [0.717, 1.165) is 25.7 Å². The van der Waals surface area contributed by atoms with Gasteiger partial charge >= 0.3 is 0 Å². The number of nitrogens with two attached hydrogens (primary N) is 1. The maximum absolute atomic E-state index is 14.8. The number of aromatic nitrogens is 4. The molecule has 5 rings (SSSR count). The Kier molecular flexibility index (Phi) is 7.42. The van der Waals surface area contributed by atoms with E-state index < -0.39 is 11.9 Å². The van der Waals surface area contributed by atoms with Crippen molar-refractivity contribution in [2.75, 3.05) is 17.3 Å². The highest BCUT2D eigenvalue weighted by Gasteiger charge is 2.31. The van der Waals surface area contributed by atoms with Gasteiger partial charge in [-0.3, -0.25) is 9.36 Å². The molecular formula is C25H30Cl2FN7O2. The van der Waals surface area contributed by atoms with Gasteiger partial charge in [0.1, 0.15) is 11.3 Å². The number of aliphatic hydroxyl groups excluding tert-OH is 1. The number of amides is 1. The average molecular weight is 550 g/mol. The van der Waals surface area contributed by atoms with E-state index in [2.05, 4.69) is 15.3 Å². The largest absolute Gasteiger partial charge is 0.391 e. The van der Waals surface area contributed by atoms with Crippen molar-refractivity contribution in [1.29, 1.82) is 0 Å². The zero-order chi connectivity index (χ0) is 26.3. The van der Waals surface area contributed by atoms with Gasteiger partial charge in [-0.15, -0.1) is 0 Å². The number of hydrogen-bond donors (Lipinski definition) is 3. The Hall–Kier alpha value is -2.69. The number of nitrogens with zero attached hydrogens (tertiary/aromatic N) is 5. The van der Waals surface area contributed by atoms with Gasteiger partial charge in [0.25, 0.3) is 0 Å². The molecule has 0 aliphatic heterocycles. The zero-order valence-corrected chi connectivity index (χ0v) is 22.0. The summed E-state index contributed by atoms with van der Waals surface area (Å²) in [6.45, 7) is 0. The fraction of sp³-hybridized carbons (Fsp3) is 0.520. The van der Waals surface area contributed by atoms with Crippen LogP contribution >= 0.6 is 23.2 Å². The normalized spacial score (nSPS) is 24.2. The molecule has 1 aromatic carbocycles. The van der Waals surface area contributed by atoms with Gasteiger partial charge in [-0.25, -0.2) is 14.4 Å².